The van der Waals surface area contributed by atoms with Crippen LogP contribution in [-0.4, -0.2) is 54.6 Å². The molecule has 1 saturated heterocycles. The fourth-order valence-electron chi connectivity index (χ4n) is 4.72. The van der Waals surface area contributed by atoms with Crippen molar-refractivity contribution in [3.8, 4) is 0 Å². The fraction of sp³-hybridized carbons (Fsp3) is 0.214. The predicted octanol–water partition coefficient (Wildman–Crippen LogP) is 4.12. The summed E-state index contributed by atoms with van der Waals surface area (Å²) in [7, 11) is -3.84. The van der Waals surface area contributed by atoms with Crippen LogP contribution in [0.25, 0.3) is 10.8 Å². The number of hydrogen-bond acceptors (Lipinski definition) is 5. The SMILES string of the molecule is C[C@@H]1CN(S(=O)(=O)c2ccccc2)C[C@H](C(=O)NCc2ccc3ccccc3c2)N1C(=O)c1cccs1. The molecule has 3 aromatic carbocycles. The fourth-order valence-corrected chi connectivity index (χ4v) is 6.93. The lowest BCUT2D eigenvalue weighted by molar-refractivity contribution is -0.128. The molecule has 1 aliphatic rings. The Hall–Kier alpha value is -3.53. The highest BCUT2D eigenvalue weighted by molar-refractivity contribution is 7.89. The highest BCUT2D eigenvalue weighted by Crippen LogP contribution is 2.26. The van der Waals surface area contributed by atoms with Crippen LogP contribution in [-0.2, 0) is 21.4 Å². The summed E-state index contributed by atoms with van der Waals surface area (Å²) in [6.45, 7) is 2.02. The molecule has 0 bridgehead atoms. The van der Waals surface area contributed by atoms with Crippen LogP contribution in [0.3, 0.4) is 0 Å². The number of nitrogens with one attached hydrogen (secondary N) is 1. The first-order valence-electron chi connectivity index (χ1n) is 12.0. The summed E-state index contributed by atoms with van der Waals surface area (Å²) in [5, 5.41) is 6.92. The molecule has 37 heavy (non-hydrogen) atoms. The minimum absolute atomic E-state index is 0.1000. The average Bonchev–Trinajstić information content (AvgIpc) is 3.46. The quantitative estimate of drug-likeness (QED) is 0.404. The van der Waals surface area contributed by atoms with E-state index in [-0.39, 0.29) is 30.4 Å². The molecule has 1 fully saturated rings. The summed E-state index contributed by atoms with van der Waals surface area (Å²) >= 11 is 1.30. The zero-order valence-electron chi connectivity index (χ0n) is 20.3. The molecule has 9 heteroatoms. The lowest BCUT2D eigenvalue weighted by atomic mass is 10.1. The number of piperazine rings is 1. The minimum Gasteiger partial charge on any atom is -0.350 e. The molecule has 2 atom stereocenters. The van der Waals surface area contributed by atoms with E-state index >= 15 is 0 Å². The van der Waals surface area contributed by atoms with Crippen LogP contribution < -0.4 is 5.32 Å². The van der Waals surface area contributed by atoms with Crippen LogP contribution in [0.2, 0.25) is 0 Å². The number of thiophene rings is 1. The molecular weight excluding hydrogens is 506 g/mol. The Balaban J connectivity index is 1.41. The van der Waals surface area contributed by atoms with Crippen molar-refractivity contribution in [2.75, 3.05) is 13.1 Å². The van der Waals surface area contributed by atoms with Crippen molar-refractivity contribution in [3.63, 3.8) is 0 Å². The molecule has 2 heterocycles. The number of amides is 2. The van der Waals surface area contributed by atoms with Crippen molar-refractivity contribution in [1.29, 1.82) is 0 Å². The Morgan fingerprint density at radius 3 is 2.38 bits per heavy atom. The Morgan fingerprint density at radius 1 is 0.919 bits per heavy atom. The van der Waals surface area contributed by atoms with Gasteiger partial charge >= 0.3 is 0 Å². The third kappa shape index (κ3) is 5.16. The Kier molecular flexibility index (Phi) is 7.10. The van der Waals surface area contributed by atoms with Crippen molar-refractivity contribution in [1.82, 2.24) is 14.5 Å². The topological polar surface area (TPSA) is 86.8 Å². The van der Waals surface area contributed by atoms with Gasteiger partial charge in [-0.05, 0) is 52.9 Å². The number of benzene rings is 3. The van der Waals surface area contributed by atoms with E-state index in [0.29, 0.717) is 4.88 Å². The van der Waals surface area contributed by atoms with Crippen LogP contribution in [0.4, 0.5) is 0 Å². The molecular formula is C28H27N3O4S2. The van der Waals surface area contributed by atoms with E-state index in [4.69, 9.17) is 0 Å². The molecule has 1 aliphatic heterocycles. The number of carbonyl (C=O) groups excluding carboxylic acids is 2. The van der Waals surface area contributed by atoms with Gasteiger partial charge in [0.05, 0.1) is 9.77 Å². The predicted molar refractivity (Wildman–Crippen MR) is 145 cm³/mol. The van der Waals surface area contributed by atoms with Crippen molar-refractivity contribution < 1.29 is 18.0 Å². The first-order valence-corrected chi connectivity index (χ1v) is 14.3. The molecule has 0 spiro atoms. The summed E-state index contributed by atoms with van der Waals surface area (Å²) < 4.78 is 28.1. The van der Waals surface area contributed by atoms with Gasteiger partial charge in [-0.25, -0.2) is 8.42 Å². The summed E-state index contributed by atoms with van der Waals surface area (Å²) in [6.07, 6.45) is 0. The van der Waals surface area contributed by atoms with Gasteiger partial charge in [-0.2, -0.15) is 4.31 Å². The molecule has 1 aromatic heterocycles. The van der Waals surface area contributed by atoms with Crippen LogP contribution in [0, 0.1) is 0 Å². The minimum atomic E-state index is -3.84. The van der Waals surface area contributed by atoms with Gasteiger partial charge in [0.15, 0.2) is 0 Å². The molecule has 4 aromatic rings. The maximum atomic E-state index is 13.6. The molecule has 7 nitrogen and oxygen atoms in total. The number of sulfonamides is 1. The number of hydrogen-bond donors (Lipinski definition) is 1. The summed E-state index contributed by atoms with van der Waals surface area (Å²) in [5.74, 6) is -0.664. The molecule has 5 rings (SSSR count). The number of fused-ring (bicyclic) bond motifs is 1. The van der Waals surface area contributed by atoms with E-state index in [1.54, 1.807) is 37.3 Å². The van der Waals surface area contributed by atoms with E-state index in [0.717, 1.165) is 16.3 Å². The molecule has 0 saturated carbocycles. The largest absolute Gasteiger partial charge is 0.350 e. The monoisotopic (exact) mass is 533 g/mol. The molecule has 0 aliphatic carbocycles. The van der Waals surface area contributed by atoms with Crippen molar-refractivity contribution >= 4 is 43.9 Å². The van der Waals surface area contributed by atoms with E-state index in [1.165, 1.54) is 32.7 Å². The Labute approximate surface area is 220 Å². The van der Waals surface area contributed by atoms with Gasteiger partial charge in [-0.15, -0.1) is 11.3 Å². The maximum Gasteiger partial charge on any atom is 0.264 e. The Morgan fingerprint density at radius 2 is 1.65 bits per heavy atom. The molecule has 0 unspecified atom stereocenters. The maximum absolute atomic E-state index is 13.6. The number of rotatable bonds is 6. The van der Waals surface area contributed by atoms with Crippen LogP contribution >= 0.6 is 11.3 Å². The van der Waals surface area contributed by atoms with Crippen LogP contribution in [0.1, 0.15) is 22.2 Å². The van der Waals surface area contributed by atoms with E-state index in [9.17, 15) is 18.0 Å². The van der Waals surface area contributed by atoms with Gasteiger partial charge in [0.1, 0.15) is 6.04 Å². The van der Waals surface area contributed by atoms with E-state index in [1.807, 2.05) is 47.8 Å². The normalized spacial score (nSPS) is 18.6. The molecule has 1 N–H and O–H groups in total. The summed E-state index contributed by atoms with van der Waals surface area (Å²) in [6, 6.07) is 24.1. The smallest absolute Gasteiger partial charge is 0.264 e. The van der Waals surface area contributed by atoms with Gasteiger partial charge in [0.25, 0.3) is 5.91 Å². The summed E-state index contributed by atoms with van der Waals surface area (Å²) in [4.78, 5) is 29.2. The van der Waals surface area contributed by atoms with Gasteiger partial charge in [0, 0.05) is 25.7 Å². The molecule has 190 valence electrons. The average molecular weight is 534 g/mol. The second kappa shape index (κ2) is 10.5. The standard InChI is InChI=1S/C28H27N3O4S2/c1-20-18-30(37(34,35)24-10-3-2-4-11-24)19-25(31(20)28(33)26-12-7-15-36-26)27(32)29-17-21-13-14-22-8-5-6-9-23(22)16-21/h2-16,20,25H,17-19H2,1H3,(H,29,32)/t20-,25-/m1/s1. The second-order valence-electron chi connectivity index (χ2n) is 9.09. The zero-order chi connectivity index (χ0) is 26.0. The van der Waals surface area contributed by atoms with Crippen molar-refractivity contribution in [2.45, 2.75) is 30.4 Å². The molecule has 0 radical (unpaired) electrons. The zero-order valence-corrected chi connectivity index (χ0v) is 21.9. The highest BCUT2D eigenvalue weighted by atomic mass is 32.2. The third-order valence-corrected chi connectivity index (χ3v) is 9.29. The van der Waals surface area contributed by atoms with Gasteiger partial charge < -0.3 is 10.2 Å². The lowest BCUT2D eigenvalue weighted by Crippen LogP contribution is -2.64. The second-order valence-corrected chi connectivity index (χ2v) is 12.0. The number of carbonyl (C=O) groups is 2. The van der Waals surface area contributed by atoms with Crippen molar-refractivity contribution in [2.24, 2.45) is 0 Å². The van der Waals surface area contributed by atoms with E-state index in [2.05, 4.69) is 5.32 Å². The lowest BCUT2D eigenvalue weighted by Gasteiger charge is -2.44. The van der Waals surface area contributed by atoms with Crippen molar-refractivity contribution in [3.05, 3.63) is 101 Å². The van der Waals surface area contributed by atoms with Gasteiger partial charge in [-0.1, -0.05) is 60.7 Å². The summed E-state index contributed by atoms with van der Waals surface area (Å²) in [5.41, 5.74) is 0.917. The van der Waals surface area contributed by atoms with Crippen LogP contribution in [0.15, 0.2) is 95.2 Å². The first-order chi connectivity index (χ1) is 17.8. The number of nitrogens with zero attached hydrogens (tertiary/aromatic N) is 2. The van der Waals surface area contributed by atoms with Crippen LogP contribution in [0.5, 0.6) is 0 Å². The molecule has 2 amide bonds. The first kappa shape index (κ1) is 25.1. The Bertz CT molecular complexity index is 1520. The van der Waals surface area contributed by atoms with E-state index < -0.39 is 28.0 Å². The highest BCUT2D eigenvalue weighted by Gasteiger charge is 2.43. The van der Waals surface area contributed by atoms with Gasteiger partial charge in [-0.3, -0.25) is 9.59 Å². The van der Waals surface area contributed by atoms with Gasteiger partial charge in [0.2, 0.25) is 15.9 Å². The third-order valence-electron chi connectivity index (χ3n) is 6.59.